The highest BCUT2D eigenvalue weighted by Gasteiger charge is 2.61. The summed E-state index contributed by atoms with van der Waals surface area (Å²) in [6.45, 7) is 5.79. The molecule has 0 fully saturated rings. The number of methoxy groups -OCH3 is 1. The maximum Gasteiger partial charge on any atom is 0.495 e. The van der Waals surface area contributed by atoms with Crippen LogP contribution in [0.4, 0.5) is 17.6 Å². The van der Waals surface area contributed by atoms with Gasteiger partial charge in [0.25, 0.3) is 0 Å². The Balaban J connectivity index is 5.46. The van der Waals surface area contributed by atoms with Crippen LogP contribution in [-0.2, 0) is 19.1 Å². The molecule has 0 radical (unpaired) electrons. The van der Waals surface area contributed by atoms with Gasteiger partial charge in [0.15, 0.2) is 0 Å². The molecule has 1 N–H and O–H groups in total. The van der Waals surface area contributed by atoms with Crippen LogP contribution in [0.2, 0.25) is 0 Å². The maximum absolute atomic E-state index is 13.1. The van der Waals surface area contributed by atoms with Crippen molar-refractivity contribution in [2.75, 3.05) is 7.11 Å². The molecule has 0 aromatic rings. The van der Waals surface area contributed by atoms with Gasteiger partial charge in [-0.1, -0.05) is 13.8 Å². The van der Waals surface area contributed by atoms with Crippen LogP contribution < -0.4 is 0 Å². The molecule has 23 heavy (non-hydrogen) atoms. The smallest absolute Gasteiger partial charge is 0.469 e. The minimum atomic E-state index is -5.51. The maximum atomic E-state index is 13.1. The Labute approximate surface area is 131 Å². The number of rotatable bonds is 8. The molecule has 136 valence electrons. The van der Waals surface area contributed by atoms with E-state index in [1.54, 1.807) is 6.92 Å². The van der Waals surface area contributed by atoms with Crippen molar-refractivity contribution in [3.05, 3.63) is 0 Å². The Hall–Kier alpha value is -1.38. The first-order valence-electron chi connectivity index (χ1n) is 6.99. The standard InChI is InChI=1S/C14H22F4O5/c1-6-11(3,9(19)22-5)8-12(4,7-2)10(20)23-14(17,18)13(15,16)21/h21H,6-8H2,1-5H3. The van der Waals surface area contributed by atoms with E-state index in [2.05, 4.69) is 9.47 Å². The second kappa shape index (κ2) is 7.02. The molecule has 2 unspecified atom stereocenters. The molecule has 0 spiro atoms. The van der Waals surface area contributed by atoms with Gasteiger partial charge in [-0.3, -0.25) is 9.59 Å². The molecule has 0 rings (SSSR count). The zero-order chi connectivity index (χ0) is 18.7. The van der Waals surface area contributed by atoms with Crippen molar-refractivity contribution in [2.24, 2.45) is 10.8 Å². The van der Waals surface area contributed by atoms with Crippen LogP contribution >= 0.6 is 0 Å². The summed E-state index contributed by atoms with van der Waals surface area (Å²) in [4.78, 5) is 23.8. The summed E-state index contributed by atoms with van der Waals surface area (Å²) in [5.74, 6) is -2.30. The minimum absolute atomic E-state index is 0.0501. The lowest BCUT2D eigenvalue weighted by Crippen LogP contribution is -2.48. The lowest BCUT2D eigenvalue weighted by Gasteiger charge is -2.36. The average Bonchev–Trinajstić information content (AvgIpc) is 2.44. The van der Waals surface area contributed by atoms with Gasteiger partial charge in [-0.05, 0) is 33.1 Å². The molecule has 0 aromatic carbocycles. The summed E-state index contributed by atoms with van der Waals surface area (Å²) >= 11 is 0. The van der Waals surface area contributed by atoms with E-state index in [-0.39, 0.29) is 19.3 Å². The quantitative estimate of drug-likeness (QED) is 0.540. The zero-order valence-corrected chi connectivity index (χ0v) is 13.7. The van der Waals surface area contributed by atoms with Crippen molar-refractivity contribution >= 4 is 11.9 Å². The molecule has 0 saturated carbocycles. The molecular weight excluding hydrogens is 324 g/mol. The van der Waals surface area contributed by atoms with Crippen LogP contribution in [0.25, 0.3) is 0 Å². The van der Waals surface area contributed by atoms with Crippen LogP contribution in [0, 0.1) is 10.8 Å². The van der Waals surface area contributed by atoms with Gasteiger partial charge in [-0.2, -0.15) is 17.6 Å². The molecule has 2 atom stereocenters. The van der Waals surface area contributed by atoms with E-state index >= 15 is 0 Å². The monoisotopic (exact) mass is 346 g/mol. The van der Waals surface area contributed by atoms with Gasteiger partial charge in [-0.25, -0.2) is 0 Å². The average molecular weight is 346 g/mol. The normalized spacial score (nSPS) is 17.8. The Morgan fingerprint density at radius 2 is 1.35 bits per heavy atom. The topological polar surface area (TPSA) is 72.8 Å². The number of carbonyl (C=O) groups excluding carboxylic acids is 2. The summed E-state index contributed by atoms with van der Waals surface area (Å²) in [7, 11) is 1.14. The Morgan fingerprint density at radius 1 is 0.957 bits per heavy atom. The summed E-state index contributed by atoms with van der Waals surface area (Å²) < 4.78 is 59.1. The molecule has 0 aliphatic rings. The van der Waals surface area contributed by atoms with Gasteiger partial charge in [0.05, 0.1) is 17.9 Å². The SMILES string of the molecule is CCC(C)(CC(C)(CC)C(=O)OC(F)(F)C(O)(F)F)C(=O)OC. The van der Waals surface area contributed by atoms with Gasteiger partial charge in [0.2, 0.25) is 0 Å². The predicted octanol–water partition coefficient (Wildman–Crippen LogP) is 3.10. The first kappa shape index (κ1) is 21.6. The van der Waals surface area contributed by atoms with Crippen LogP contribution in [0.3, 0.4) is 0 Å². The molecule has 0 aliphatic carbocycles. The molecular formula is C14H22F4O5. The van der Waals surface area contributed by atoms with Gasteiger partial charge >= 0.3 is 24.2 Å². The van der Waals surface area contributed by atoms with Crippen molar-refractivity contribution in [1.82, 2.24) is 0 Å². The second-order valence-corrected chi connectivity index (χ2v) is 5.94. The number of alkyl halides is 4. The highest BCUT2D eigenvalue weighted by molar-refractivity contribution is 5.80. The third-order valence-electron chi connectivity index (χ3n) is 4.08. The third-order valence-corrected chi connectivity index (χ3v) is 4.08. The van der Waals surface area contributed by atoms with Crippen LogP contribution in [-0.4, -0.2) is 36.4 Å². The Kier molecular flexibility index (Phi) is 6.60. The summed E-state index contributed by atoms with van der Waals surface area (Å²) in [5.41, 5.74) is -2.83. The first-order chi connectivity index (χ1) is 10.2. The molecule has 5 nitrogen and oxygen atoms in total. The lowest BCUT2D eigenvalue weighted by molar-refractivity contribution is -0.406. The fraction of sp³-hybridized carbons (Fsp3) is 0.857. The van der Waals surface area contributed by atoms with E-state index in [1.165, 1.54) is 20.8 Å². The van der Waals surface area contributed by atoms with E-state index in [0.717, 1.165) is 7.11 Å². The number of aliphatic hydroxyl groups is 1. The molecule has 0 amide bonds. The van der Waals surface area contributed by atoms with E-state index in [4.69, 9.17) is 5.11 Å². The Bertz CT molecular complexity index is 449. The van der Waals surface area contributed by atoms with Crippen molar-refractivity contribution in [3.8, 4) is 0 Å². The molecule has 0 bridgehead atoms. The number of hydrogen-bond acceptors (Lipinski definition) is 5. The van der Waals surface area contributed by atoms with Gasteiger partial charge < -0.3 is 14.6 Å². The molecule has 0 aliphatic heterocycles. The fourth-order valence-corrected chi connectivity index (χ4v) is 2.09. The van der Waals surface area contributed by atoms with Gasteiger partial charge in [0, 0.05) is 0 Å². The van der Waals surface area contributed by atoms with Crippen LogP contribution in [0.15, 0.2) is 0 Å². The van der Waals surface area contributed by atoms with E-state index in [0.29, 0.717) is 0 Å². The highest BCUT2D eigenvalue weighted by atomic mass is 19.3. The first-order valence-corrected chi connectivity index (χ1v) is 6.99. The van der Waals surface area contributed by atoms with Crippen LogP contribution in [0.5, 0.6) is 0 Å². The second-order valence-electron chi connectivity index (χ2n) is 5.94. The number of ether oxygens (including phenoxy) is 2. The van der Waals surface area contributed by atoms with Gasteiger partial charge in [0.1, 0.15) is 0 Å². The number of hydrogen-bond donors (Lipinski definition) is 1. The number of esters is 2. The van der Waals surface area contributed by atoms with Crippen molar-refractivity contribution < 1.29 is 41.7 Å². The molecule has 9 heteroatoms. The summed E-state index contributed by atoms with van der Waals surface area (Å²) in [6, 6.07) is 0. The number of carbonyl (C=O) groups is 2. The predicted molar refractivity (Wildman–Crippen MR) is 71.6 cm³/mol. The molecule has 0 aromatic heterocycles. The summed E-state index contributed by atoms with van der Waals surface area (Å²) in [6.07, 6.45) is -10.9. The van der Waals surface area contributed by atoms with Crippen molar-refractivity contribution in [1.29, 1.82) is 0 Å². The van der Waals surface area contributed by atoms with Gasteiger partial charge in [-0.15, -0.1) is 0 Å². The minimum Gasteiger partial charge on any atom is -0.469 e. The van der Waals surface area contributed by atoms with Crippen molar-refractivity contribution in [3.63, 3.8) is 0 Å². The largest absolute Gasteiger partial charge is 0.495 e. The third kappa shape index (κ3) is 4.79. The van der Waals surface area contributed by atoms with E-state index < -0.39 is 35.0 Å². The Morgan fingerprint density at radius 3 is 1.65 bits per heavy atom. The molecule has 0 heterocycles. The van der Waals surface area contributed by atoms with E-state index in [9.17, 15) is 27.2 Å². The summed E-state index contributed by atoms with van der Waals surface area (Å²) in [5, 5.41) is 8.10. The van der Waals surface area contributed by atoms with Crippen LogP contribution in [0.1, 0.15) is 47.0 Å². The molecule has 0 saturated heterocycles. The number of halogens is 4. The fourth-order valence-electron chi connectivity index (χ4n) is 2.09. The highest BCUT2D eigenvalue weighted by Crippen LogP contribution is 2.43. The zero-order valence-electron chi connectivity index (χ0n) is 13.7. The van der Waals surface area contributed by atoms with Crippen molar-refractivity contribution in [2.45, 2.75) is 59.2 Å². The van der Waals surface area contributed by atoms with E-state index in [1.807, 2.05) is 0 Å². The lowest BCUT2D eigenvalue weighted by atomic mass is 9.70.